The first kappa shape index (κ1) is 22.0. The minimum absolute atomic E-state index is 0.214. The van der Waals surface area contributed by atoms with Gasteiger partial charge in [0, 0.05) is 17.1 Å². The normalized spacial score (nSPS) is 11.8. The maximum Gasteiger partial charge on any atom is 0.417 e. The van der Waals surface area contributed by atoms with Crippen LogP contribution in [0.25, 0.3) is 11.8 Å². The van der Waals surface area contributed by atoms with Gasteiger partial charge in [-0.1, -0.05) is 11.6 Å². The molecule has 0 radical (unpaired) electrons. The fraction of sp³-hybridized carbons (Fsp3) is 0.211. The number of benzene rings is 1. The van der Waals surface area contributed by atoms with Crippen molar-refractivity contribution in [3.05, 3.63) is 57.4 Å². The molecular weight excluding hydrogens is 411 g/mol. The van der Waals surface area contributed by atoms with Gasteiger partial charge in [-0.05, 0) is 49.8 Å². The molecule has 0 aliphatic heterocycles. The van der Waals surface area contributed by atoms with E-state index in [4.69, 9.17) is 17.3 Å². The van der Waals surface area contributed by atoms with E-state index >= 15 is 0 Å². The van der Waals surface area contributed by atoms with Crippen molar-refractivity contribution in [1.29, 1.82) is 5.26 Å². The highest BCUT2D eigenvalue weighted by molar-refractivity contribution is 6.31. The van der Waals surface area contributed by atoms with Gasteiger partial charge in [0.05, 0.1) is 10.6 Å². The zero-order valence-electron chi connectivity index (χ0n) is 15.3. The summed E-state index contributed by atoms with van der Waals surface area (Å²) < 4.78 is 45.6. The van der Waals surface area contributed by atoms with E-state index in [1.807, 2.05) is 0 Å². The van der Waals surface area contributed by atoms with E-state index in [2.05, 4.69) is 4.74 Å². The average molecular weight is 426 g/mol. The van der Waals surface area contributed by atoms with Crippen LogP contribution in [0.15, 0.2) is 29.8 Å². The van der Waals surface area contributed by atoms with E-state index in [0.29, 0.717) is 17.0 Å². The molecule has 0 bridgehead atoms. The molecule has 1 heterocycles. The number of hydrogen-bond donors (Lipinski definition) is 1. The summed E-state index contributed by atoms with van der Waals surface area (Å²) in [7, 11) is 0. The minimum atomic E-state index is -4.62. The van der Waals surface area contributed by atoms with E-state index in [1.165, 1.54) is 16.7 Å². The summed E-state index contributed by atoms with van der Waals surface area (Å²) in [5.41, 5.74) is 5.19. The van der Waals surface area contributed by atoms with E-state index in [-0.39, 0.29) is 5.69 Å². The van der Waals surface area contributed by atoms with Crippen molar-refractivity contribution >= 4 is 29.6 Å². The summed E-state index contributed by atoms with van der Waals surface area (Å²) >= 11 is 5.67. The lowest BCUT2D eigenvalue weighted by Crippen LogP contribution is -2.21. The Labute approximate surface area is 168 Å². The van der Waals surface area contributed by atoms with Gasteiger partial charge in [0.1, 0.15) is 11.6 Å². The molecule has 0 saturated carbocycles. The standard InChI is InChI=1S/C19H15ClF3N3O3/c1-10-5-12(6-13(8-24)18(28)29-9-17(25)27)11(2)26(10)14-3-4-16(20)15(7-14)19(21,22)23/h3-7H,9H2,1-2H3,(H2,25,27)/b13-6+. The Hall–Kier alpha value is -3.25. The number of nitrogens with zero attached hydrogens (tertiary/aromatic N) is 2. The molecule has 6 nitrogen and oxygen atoms in total. The van der Waals surface area contributed by atoms with Gasteiger partial charge in [-0.25, -0.2) is 4.79 Å². The number of nitriles is 1. The molecule has 0 atom stereocenters. The number of rotatable bonds is 5. The number of carbonyl (C=O) groups is 2. The van der Waals surface area contributed by atoms with Crippen LogP contribution in [-0.4, -0.2) is 23.1 Å². The maximum absolute atomic E-state index is 13.2. The van der Waals surface area contributed by atoms with Gasteiger partial charge in [0.15, 0.2) is 6.61 Å². The summed E-state index contributed by atoms with van der Waals surface area (Å²) in [6.07, 6.45) is -3.40. The summed E-state index contributed by atoms with van der Waals surface area (Å²) in [5.74, 6) is -1.92. The zero-order valence-corrected chi connectivity index (χ0v) is 16.1. The van der Waals surface area contributed by atoms with E-state index in [1.54, 1.807) is 26.0 Å². The van der Waals surface area contributed by atoms with Crippen LogP contribution in [0, 0.1) is 25.2 Å². The molecule has 1 aromatic carbocycles. The highest BCUT2D eigenvalue weighted by Crippen LogP contribution is 2.36. The molecule has 0 fully saturated rings. The Balaban J connectivity index is 2.50. The molecule has 10 heteroatoms. The Bertz CT molecular complexity index is 1050. The minimum Gasteiger partial charge on any atom is -0.451 e. The zero-order chi connectivity index (χ0) is 21.9. The smallest absolute Gasteiger partial charge is 0.417 e. The van der Waals surface area contributed by atoms with Crippen molar-refractivity contribution in [1.82, 2.24) is 4.57 Å². The lowest BCUT2D eigenvalue weighted by atomic mass is 10.1. The first-order chi connectivity index (χ1) is 13.5. The van der Waals surface area contributed by atoms with Crippen LogP contribution in [0.2, 0.25) is 5.02 Å². The Kier molecular flexibility index (Phi) is 6.39. The number of esters is 1. The van der Waals surface area contributed by atoms with Gasteiger partial charge in [0.2, 0.25) is 0 Å². The second-order valence-electron chi connectivity index (χ2n) is 6.04. The third kappa shape index (κ3) is 4.97. The van der Waals surface area contributed by atoms with E-state index in [9.17, 15) is 28.0 Å². The second-order valence-corrected chi connectivity index (χ2v) is 6.44. The van der Waals surface area contributed by atoms with Crippen LogP contribution in [0.5, 0.6) is 0 Å². The first-order valence-electron chi connectivity index (χ1n) is 8.09. The van der Waals surface area contributed by atoms with Gasteiger partial charge in [0.25, 0.3) is 5.91 Å². The number of halogens is 4. The van der Waals surface area contributed by atoms with Crippen molar-refractivity contribution in [2.75, 3.05) is 6.61 Å². The lowest BCUT2D eigenvalue weighted by molar-refractivity contribution is -0.143. The monoisotopic (exact) mass is 425 g/mol. The van der Waals surface area contributed by atoms with Gasteiger partial charge >= 0.3 is 12.1 Å². The molecule has 2 N–H and O–H groups in total. The number of hydrogen-bond acceptors (Lipinski definition) is 4. The number of primary amides is 1. The van der Waals surface area contributed by atoms with Crippen LogP contribution in [-0.2, 0) is 20.5 Å². The third-order valence-electron chi connectivity index (χ3n) is 3.97. The van der Waals surface area contributed by atoms with Crippen molar-refractivity contribution in [2.45, 2.75) is 20.0 Å². The SMILES string of the molecule is Cc1cc(/C=C(\C#N)C(=O)OCC(N)=O)c(C)n1-c1ccc(Cl)c(C(F)(F)F)c1. The molecular formula is C19H15ClF3N3O3. The maximum atomic E-state index is 13.2. The van der Waals surface area contributed by atoms with Gasteiger partial charge in [-0.2, -0.15) is 18.4 Å². The number of aromatic nitrogens is 1. The number of carbonyl (C=O) groups excluding carboxylic acids is 2. The molecule has 0 aliphatic rings. The Morgan fingerprint density at radius 2 is 1.97 bits per heavy atom. The largest absolute Gasteiger partial charge is 0.451 e. The van der Waals surface area contributed by atoms with Crippen molar-refractivity contribution in [3.63, 3.8) is 0 Å². The van der Waals surface area contributed by atoms with Crippen LogP contribution in [0.3, 0.4) is 0 Å². The molecule has 2 aromatic rings. The molecule has 1 aromatic heterocycles. The molecule has 2 rings (SSSR count). The van der Waals surface area contributed by atoms with Crippen LogP contribution >= 0.6 is 11.6 Å². The van der Waals surface area contributed by atoms with Gasteiger partial charge < -0.3 is 15.0 Å². The number of ether oxygens (including phenoxy) is 1. The topological polar surface area (TPSA) is 98.1 Å². The number of alkyl halides is 3. The summed E-state index contributed by atoms with van der Waals surface area (Å²) in [4.78, 5) is 22.6. The van der Waals surface area contributed by atoms with Crippen LogP contribution in [0.4, 0.5) is 13.2 Å². The molecule has 1 amide bonds. The first-order valence-corrected chi connectivity index (χ1v) is 8.46. The second kappa shape index (κ2) is 8.41. The predicted octanol–water partition coefficient (Wildman–Crippen LogP) is 3.70. The van der Waals surface area contributed by atoms with Gasteiger partial charge in [-0.3, -0.25) is 4.79 Å². The molecule has 0 unspecified atom stereocenters. The lowest BCUT2D eigenvalue weighted by Gasteiger charge is -2.14. The molecule has 0 aliphatic carbocycles. The Morgan fingerprint density at radius 1 is 1.31 bits per heavy atom. The van der Waals surface area contributed by atoms with Gasteiger partial charge in [-0.15, -0.1) is 0 Å². The van der Waals surface area contributed by atoms with Crippen LogP contribution < -0.4 is 5.73 Å². The summed E-state index contributed by atoms with van der Waals surface area (Å²) in [6, 6.07) is 6.75. The fourth-order valence-electron chi connectivity index (χ4n) is 2.71. The van der Waals surface area contributed by atoms with Crippen LogP contribution in [0.1, 0.15) is 22.5 Å². The molecule has 29 heavy (non-hydrogen) atoms. The molecule has 152 valence electrons. The van der Waals surface area contributed by atoms with Crippen molar-refractivity contribution < 1.29 is 27.5 Å². The van der Waals surface area contributed by atoms with E-state index in [0.717, 1.165) is 12.1 Å². The Morgan fingerprint density at radius 3 is 2.52 bits per heavy atom. The quantitative estimate of drug-likeness (QED) is 0.448. The number of nitrogens with two attached hydrogens (primary N) is 1. The average Bonchev–Trinajstić information content (AvgIpc) is 2.90. The van der Waals surface area contributed by atoms with Crippen molar-refractivity contribution in [3.8, 4) is 11.8 Å². The van der Waals surface area contributed by atoms with Crippen molar-refractivity contribution in [2.24, 2.45) is 5.73 Å². The number of aryl methyl sites for hydroxylation is 1. The predicted molar refractivity (Wildman–Crippen MR) is 99.0 cm³/mol. The molecule has 0 saturated heterocycles. The highest BCUT2D eigenvalue weighted by atomic mass is 35.5. The summed E-state index contributed by atoms with van der Waals surface area (Å²) in [5, 5.41) is 8.76. The van der Waals surface area contributed by atoms with E-state index < -0.39 is 40.8 Å². The molecule has 0 spiro atoms. The number of amides is 1. The fourth-order valence-corrected chi connectivity index (χ4v) is 2.93. The third-order valence-corrected chi connectivity index (χ3v) is 4.30. The highest BCUT2D eigenvalue weighted by Gasteiger charge is 2.33. The summed E-state index contributed by atoms with van der Waals surface area (Å²) in [6.45, 7) is 2.59.